The molecule has 4 aromatic rings. The zero-order valence-electron chi connectivity index (χ0n) is 17.0. The summed E-state index contributed by atoms with van der Waals surface area (Å²) in [7, 11) is 3.98. The Morgan fingerprint density at radius 1 is 1.07 bits per heavy atom. The normalized spacial score (nSPS) is 12.0. The molecule has 0 aliphatic heterocycles. The molecule has 0 saturated carbocycles. The van der Waals surface area contributed by atoms with Gasteiger partial charge in [-0.2, -0.15) is 0 Å². The van der Waals surface area contributed by atoms with Gasteiger partial charge in [0.1, 0.15) is 16.2 Å². The molecule has 5 nitrogen and oxygen atoms in total. The molecular weight excluding hydrogens is 412 g/mol. The third kappa shape index (κ3) is 4.47. The molecule has 0 fully saturated rings. The molecule has 0 unspecified atom stereocenters. The maximum atomic E-state index is 12.7. The number of hydrogen-bond donors (Lipinski definition) is 1. The highest BCUT2D eigenvalue weighted by Gasteiger charge is 2.18. The molecule has 1 atom stereocenters. The van der Waals surface area contributed by atoms with E-state index in [0.29, 0.717) is 0 Å². The van der Waals surface area contributed by atoms with E-state index in [1.54, 1.807) is 17.7 Å². The summed E-state index contributed by atoms with van der Waals surface area (Å²) in [5, 5.41) is 4.50. The zero-order valence-corrected chi connectivity index (χ0v) is 18.6. The third-order valence-electron chi connectivity index (χ3n) is 4.66. The second-order valence-electron chi connectivity index (χ2n) is 7.06. The van der Waals surface area contributed by atoms with Crippen LogP contribution in [0.3, 0.4) is 0 Å². The van der Waals surface area contributed by atoms with Gasteiger partial charge in [-0.25, -0.2) is 9.97 Å². The Morgan fingerprint density at radius 3 is 2.50 bits per heavy atom. The van der Waals surface area contributed by atoms with Gasteiger partial charge in [-0.1, -0.05) is 42.1 Å². The van der Waals surface area contributed by atoms with Crippen LogP contribution in [-0.4, -0.2) is 35.2 Å². The average Bonchev–Trinajstić information content (AvgIpc) is 3.20. The van der Waals surface area contributed by atoms with Gasteiger partial charge in [0.25, 0.3) is 0 Å². The molecule has 0 bridgehead atoms. The van der Waals surface area contributed by atoms with Crippen molar-refractivity contribution in [3.05, 3.63) is 67.0 Å². The predicted molar refractivity (Wildman–Crippen MR) is 128 cm³/mol. The van der Waals surface area contributed by atoms with E-state index in [4.69, 9.17) is 0 Å². The van der Waals surface area contributed by atoms with Gasteiger partial charge in [0, 0.05) is 35.7 Å². The van der Waals surface area contributed by atoms with Crippen molar-refractivity contribution in [1.82, 2.24) is 9.97 Å². The van der Waals surface area contributed by atoms with Crippen molar-refractivity contribution in [2.45, 2.75) is 17.2 Å². The first-order valence-corrected chi connectivity index (χ1v) is 11.3. The Kier molecular flexibility index (Phi) is 6.01. The van der Waals surface area contributed by atoms with Gasteiger partial charge in [0.15, 0.2) is 0 Å². The van der Waals surface area contributed by atoms with E-state index < -0.39 is 0 Å². The molecule has 0 aliphatic rings. The fraction of sp³-hybridized carbons (Fsp3) is 0.174. The lowest BCUT2D eigenvalue weighted by Crippen LogP contribution is -2.22. The van der Waals surface area contributed by atoms with E-state index in [0.717, 1.165) is 37.1 Å². The first-order chi connectivity index (χ1) is 14.5. The maximum absolute atomic E-state index is 12.7. The van der Waals surface area contributed by atoms with Crippen molar-refractivity contribution in [3.8, 4) is 10.4 Å². The number of thioether (sulfide) groups is 1. The number of aromatic nitrogens is 2. The molecule has 1 N–H and O–H groups in total. The van der Waals surface area contributed by atoms with Crippen molar-refractivity contribution < 1.29 is 4.79 Å². The van der Waals surface area contributed by atoms with Crippen LogP contribution in [-0.2, 0) is 4.79 Å². The molecule has 0 aliphatic carbocycles. The minimum atomic E-state index is -0.295. The van der Waals surface area contributed by atoms with Crippen LogP contribution < -0.4 is 10.2 Å². The van der Waals surface area contributed by atoms with Gasteiger partial charge in [-0.3, -0.25) is 4.79 Å². The molecule has 152 valence electrons. The highest BCUT2D eigenvalue weighted by Crippen LogP contribution is 2.37. The summed E-state index contributed by atoms with van der Waals surface area (Å²) >= 11 is 3.09. The van der Waals surface area contributed by atoms with Gasteiger partial charge in [0.2, 0.25) is 5.91 Å². The van der Waals surface area contributed by atoms with Gasteiger partial charge < -0.3 is 10.2 Å². The summed E-state index contributed by atoms with van der Waals surface area (Å²) in [6.45, 7) is 1.90. The molecule has 0 radical (unpaired) electrons. The Morgan fingerprint density at radius 2 is 1.80 bits per heavy atom. The lowest BCUT2D eigenvalue weighted by molar-refractivity contribution is -0.115. The van der Waals surface area contributed by atoms with Crippen molar-refractivity contribution in [2.75, 3.05) is 24.3 Å². The quantitative estimate of drug-likeness (QED) is 0.319. The zero-order chi connectivity index (χ0) is 21.1. The van der Waals surface area contributed by atoms with Crippen molar-refractivity contribution in [2.24, 2.45) is 0 Å². The van der Waals surface area contributed by atoms with Crippen LogP contribution in [0.4, 0.5) is 11.4 Å². The number of nitrogens with zero attached hydrogens (tertiary/aromatic N) is 3. The van der Waals surface area contributed by atoms with Crippen molar-refractivity contribution >= 4 is 50.6 Å². The first kappa shape index (κ1) is 20.4. The van der Waals surface area contributed by atoms with E-state index in [-0.39, 0.29) is 11.2 Å². The van der Waals surface area contributed by atoms with Gasteiger partial charge in [0.05, 0.1) is 5.25 Å². The van der Waals surface area contributed by atoms with E-state index in [2.05, 4.69) is 33.5 Å². The fourth-order valence-electron chi connectivity index (χ4n) is 2.98. The number of thiophene rings is 1. The van der Waals surface area contributed by atoms with Crippen LogP contribution in [0.1, 0.15) is 6.92 Å². The minimum absolute atomic E-state index is 0.0529. The molecule has 2 aromatic heterocycles. The van der Waals surface area contributed by atoms with Gasteiger partial charge >= 0.3 is 0 Å². The highest BCUT2D eigenvalue weighted by atomic mass is 32.2. The molecule has 7 heteroatoms. The van der Waals surface area contributed by atoms with Crippen molar-refractivity contribution in [3.63, 3.8) is 0 Å². The van der Waals surface area contributed by atoms with Crippen LogP contribution in [0.15, 0.2) is 72.0 Å². The number of carbonyl (C=O) groups excluding carboxylic acids is 1. The predicted octanol–water partition coefficient (Wildman–Crippen LogP) is 5.54. The lowest BCUT2D eigenvalue weighted by Gasteiger charge is -2.14. The van der Waals surface area contributed by atoms with E-state index in [1.807, 2.05) is 68.4 Å². The van der Waals surface area contributed by atoms with Crippen LogP contribution in [0.25, 0.3) is 20.7 Å². The Labute approximate surface area is 184 Å². The Balaban J connectivity index is 1.50. The number of amides is 1. The monoisotopic (exact) mass is 434 g/mol. The van der Waals surface area contributed by atoms with Gasteiger partial charge in [-0.15, -0.1) is 11.3 Å². The number of benzene rings is 2. The van der Waals surface area contributed by atoms with E-state index in [1.165, 1.54) is 11.8 Å². The third-order valence-corrected chi connectivity index (χ3v) is 6.87. The highest BCUT2D eigenvalue weighted by molar-refractivity contribution is 8.00. The number of carbonyl (C=O) groups is 1. The number of hydrogen-bond acceptors (Lipinski definition) is 6. The topological polar surface area (TPSA) is 58.1 Å². The van der Waals surface area contributed by atoms with Crippen LogP contribution >= 0.6 is 23.1 Å². The molecule has 0 saturated heterocycles. The Hall–Kier alpha value is -2.90. The summed E-state index contributed by atoms with van der Waals surface area (Å²) in [5.74, 6) is -0.0529. The first-order valence-electron chi connectivity index (χ1n) is 9.56. The number of nitrogens with one attached hydrogen (secondary N) is 1. The van der Waals surface area contributed by atoms with Gasteiger partial charge in [-0.05, 0) is 42.8 Å². The largest absolute Gasteiger partial charge is 0.378 e. The molecular formula is C23H22N4OS2. The van der Waals surface area contributed by atoms with Crippen molar-refractivity contribution in [1.29, 1.82) is 0 Å². The standard InChI is InChI=1S/C23H22N4OS2/c1-15(21(28)26-17-9-11-18(12-10-17)27(2)3)29-22-19-13-20(16-7-5-4-6-8-16)30-23(19)25-14-24-22/h4-15H,1-3H3,(H,26,28)/t15-/m0/s1. The molecule has 2 aromatic carbocycles. The number of anilines is 2. The molecule has 30 heavy (non-hydrogen) atoms. The summed E-state index contributed by atoms with van der Waals surface area (Å²) in [6, 6.07) is 20.1. The fourth-order valence-corrected chi connectivity index (χ4v) is 4.94. The number of rotatable bonds is 6. The molecule has 4 rings (SSSR count). The second-order valence-corrected chi connectivity index (χ2v) is 9.43. The Bertz CT molecular complexity index is 1160. The molecule has 2 heterocycles. The molecule has 1 amide bonds. The van der Waals surface area contributed by atoms with E-state index >= 15 is 0 Å². The smallest absolute Gasteiger partial charge is 0.237 e. The summed E-state index contributed by atoms with van der Waals surface area (Å²) < 4.78 is 0. The summed E-state index contributed by atoms with van der Waals surface area (Å²) in [4.78, 5) is 25.7. The minimum Gasteiger partial charge on any atom is -0.378 e. The maximum Gasteiger partial charge on any atom is 0.237 e. The second kappa shape index (κ2) is 8.85. The molecule has 0 spiro atoms. The lowest BCUT2D eigenvalue weighted by atomic mass is 10.2. The van der Waals surface area contributed by atoms with Crippen LogP contribution in [0.2, 0.25) is 0 Å². The van der Waals surface area contributed by atoms with Crippen LogP contribution in [0, 0.1) is 0 Å². The van der Waals surface area contributed by atoms with E-state index in [9.17, 15) is 4.79 Å². The summed E-state index contributed by atoms with van der Waals surface area (Å²) in [5.41, 5.74) is 3.03. The summed E-state index contributed by atoms with van der Waals surface area (Å²) in [6.07, 6.45) is 1.57. The number of fused-ring (bicyclic) bond motifs is 1. The van der Waals surface area contributed by atoms with Crippen LogP contribution in [0.5, 0.6) is 0 Å². The SMILES string of the molecule is C[C@H](Sc1ncnc2sc(-c3ccccc3)cc12)C(=O)Nc1ccc(N(C)C)cc1. The average molecular weight is 435 g/mol.